The van der Waals surface area contributed by atoms with E-state index in [1.165, 1.54) is 0 Å². The molecule has 2 aliphatic rings. The lowest BCUT2D eigenvalue weighted by Gasteiger charge is -2.36. The molecule has 7 heteroatoms. The SMILES string of the molecule is O=C1CCN(CC(=O)N2CCN(c3ccccn3)CC2)CCN1. The van der Waals surface area contributed by atoms with E-state index in [0.29, 0.717) is 26.1 Å². The molecule has 0 atom stereocenters. The van der Waals surface area contributed by atoms with E-state index in [0.717, 1.165) is 38.5 Å². The van der Waals surface area contributed by atoms with Crippen molar-refractivity contribution in [2.45, 2.75) is 6.42 Å². The van der Waals surface area contributed by atoms with Gasteiger partial charge in [0.05, 0.1) is 6.54 Å². The molecule has 0 bridgehead atoms. The summed E-state index contributed by atoms with van der Waals surface area (Å²) in [5.74, 6) is 1.20. The molecule has 1 aromatic heterocycles. The number of nitrogens with one attached hydrogen (secondary N) is 1. The zero-order chi connectivity index (χ0) is 16.1. The number of pyridine rings is 1. The highest BCUT2D eigenvalue weighted by atomic mass is 16.2. The molecule has 3 rings (SSSR count). The lowest BCUT2D eigenvalue weighted by molar-refractivity contribution is -0.132. The van der Waals surface area contributed by atoms with Gasteiger partial charge in [0, 0.05) is 58.4 Å². The third kappa shape index (κ3) is 4.19. The Morgan fingerprint density at radius 2 is 1.96 bits per heavy atom. The Hall–Kier alpha value is -2.15. The molecule has 2 fully saturated rings. The number of carbonyl (C=O) groups excluding carboxylic acids is 2. The van der Waals surface area contributed by atoms with Crippen LogP contribution in [0.15, 0.2) is 24.4 Å². The Bertz CT molecular complexity index is 543. The molecule has 1 N–H and O–H groups in total. The van der Waals surface area contributed by atoms with E-state index in [1.807, 2.05) is 23.1 Å². The van der Waals surface area contributed by atoms with Gasteiger partial charge in [-0.1, -0.05) is 6.07 Å². The Morgan fingerprint density at radius 3 is 2.70 bits per heavy atom. The molecule has 2 amide bonds. The summed E-state index contributed by atoms with van der Waals surface area (Å²) in [5, 5.41) is 2.83. The van der Waals surface area contributed by atoms with Crippen LogP contribution in [0.25, 0.3) is 0 Å². The average Bonchev–Trinajstić information content (AvgIpc) is 2.80. The van der Waals surface area contributed by atoms with Gasteiger partial charge in [-0.2, -0.15) is 0 Å². The highest BCUT2D eigenvalue weighted by Crippen LogP contribution is 2.12. The Morgan fingerprint density at radius 1 is 1.13 bits per heavy atom. The maximum atomic E-state index is 12.4. The number of hydrogen-bond acceptors (Lipinski definition) is 5. The van der Waals surface area contributed by atoms with Gasteiger partial charge in [-0.3, -0.25) is 14.5 Å². The molecular formula is C16H23N5O2. The van der Waals surface area contributed by atoms with Gasteiger partial charge >= 0.3 is 0 Å². The van der Waals surface area contributed by atoms with Crippen molar-refractivity contribution in [3.63, 3.8) is 0 Å². The minimum absolute atomic E-state index is 0.0731. The summed E-state index contributed by atoms with van der Waals surface area (Å²) in [4.78, 5) is 34.3. The maximum Gasteiger partial charge on any atom is 0.236 e. The second-order valence-electron chi connectivity index (χ2n) is 5.93. The predicted molar refractivity (Wildman–Crippen MR) is 87.1 cm³/mol. The fraction of sp³-hybridized carbons (Fsp3) is 0.562. The van der Waals surface area contributed by atoms with E-state index in [4.69, 9.17) is 0 Å². The summed E-state index contributed by atoms with van der Waals surface area (Å²) in [6.45, 7) is 5.49. The first-order chi connectivity index (χ1) is 11.2. The van der Waals surface area contributed by atoms with E-state index in [-0.39, 0.29) is 11.8 Å². The molecular weight excluding hydrogens is 294 g/mol. The number of rotatable bonds is 3. The van der Waals surface area contributed by atoms with E-state index in [9.17, 15) is 9.59 Å². The summed E-state index contributed by atoms with van der Waals surface area (Å²) in [7, 11) is 0. The largest absolute Gasteiger partial charge is 0.355 e. The molecule has 0 saturated carbocycles. The van der Waals surface area contributed by atoms with Crippen molar-refractivity contribution in [2.24, 2.45) is 0 Å². The van der Waals surface area contributed by atoms with Crippen LogP contribution >= 0.6 is 0 Å². The van der Waals surface area contributed by atoms with Gasteiger partial charge in [-0.15, -0.1) is 0 Å². The molecule has 1 aromatic rings. The number of aromatic nitrogens is 1. The van der Waals surface area contributed by atoms with Crippen LogP contribution < -0.4 is 10.2 Å². The lowest BCUT2D eigenvalue weighted by Crippen LogP contribution is -2.51. The van der Waals surface area contributed by atoms with Crippen molar-refractivity contribution in [3.8, 4) is 0 Å². The quantitative estimate of drug-likeness (QED) is 0.818. The zero-order valence-corrected chi connectivity index (χ0v) is 13.3. The van der Waals surface area contributed by atoms with Crippen LogP contribution in [-0.2, 0) is 9.59 Å². The second-order valence-corrected chi connectivity index (χ2v) is 5.93. The van der Waals surface area contributed by atoms with Crippen molar-refractivity contribution >= 4 is 17.6 Å². The average molecular weight is 317 g/mol. The summed E-state index contributed by atoms with van der Waals surface area (Å²) in [5.41, 5.74) is 0. The zero-order valence-electron chi connectivity index (χ0n) is 13.3. The molecule has 3 heterocycles. The lowest BCUT2D eigenvalue weighted by atomic mass is 10.3. The fourth-order valence-corrected chi connectivity index (χ4v) is 2.99. The van der Waals surface area contributed by atoms with Crippen LogP contribution in [0.2, 0.25) is 0 Å². The molecule has 2 saturated heterocycles. The third-order valence-corrected chi connectivity index (χ3v) is 4.37. The Balaban J connectivity index is 1.47. The molecule has 0 radical (unpaired) electrons. The van der Waals surface area contributed by atoms with E-state index in [1.54, 1.807) is 6.20 Å². The molecule has 0 aromatic carbocycles. The van der Waals surface area contributed by atoms with Crippen molar-refractivity contribution in [1.29, 1.82) is 0 Å². The standard InChI is InChI=1S/C16H23N5O2/c22-15-4-7-19(8-6-18-15)13-16(23)21-11-9-20(10-12-21)14-3-1-2-5-17-14/h1-3,5H,4,6-13H2,(H,18,22). The highest BCUT2D eigenvalue weighted by molar-refractivity contribution is 5.79. The fourth-order valence-electron chi connectivity index (χ4n) is 2.99. The van der Waals surface area contributed by atoms with Crippen molar-refractivity contribution in [2.75, 3.05) is 57.3 Å². The molecule has 2 aliphatic heterocycles. The topological polar surface area (TPSA) is 68.8 Å². The smallest absolute Gasteiger partial charge is 0.236 e. The van der Waals surface area contributed by atoms with Crippen LogP contribution in [0.5, 0.6) is 0 Å². The second kappa shape index (κ2) is 7.41. The van der Waals surface area contributed by atoms with Gasteiger partial charge in [0.25, 0.3) is 0 Å². The van der Waals surface area contributed by atoms with Gasteiger partial charge < -0.3 is 15.1 Å². The first kappa shape index (κ1) is 15.7. The summed E-state index contributed by atoms with van der Waals surface area (Å²) < 4.78 is 0. The number of carbonyl (C=O) groups is 2. The molecule has 7 nitrogen and oxygen atoms in total. The number of amides is 2. The normalized spacial score (nSPS) is 20.1. The van der Waals surface area contributed by atoms with Crippen LogP contribution in [0, 0.1) is 0 Å². The van der Waals surface area contributed by atoms with Gasteiger partial charge in [0.1, 0.15) is 5.82 Å². The number of hydrogen-bond donors (Lipinski definition) is 1. The minimum Gasteiger partial charge on any atom is -0.355 e. The minimum atomic E-state index is 0.0731. The van der Waals surface area contributed by atoms with Crippen LogP contribution in [0.4, 0.5) is 5.82 Å². The first-order valence-electron chi connectivity index (χ1n) is 8.15. The Kier molecular flexibility index (Phi) is 5.07. The monoisotopic (exact) mass is 317 g/mol. The van der Waals surface area contributed by atoms with E-state index < -0.39 is 0 Å². The van der Waals surface area contributed by atoms with Gasteiger partial charge in [-0.25, -0.2) is 4.98 Å². The molecule has 0 unspecified atom stereocenters. The number of anilines is 1. The summed E-state index contributed by atoms with van der Waals surface area (Å²) in [6.07, 6.45) is 2.27. The maximum absolute atomic E-state index is 12.4. The third-order valence-electron chi connectivity index (χ3n) is 4.37. The number of piperazine rings is 1. The van der Waals surface area contributed by atoms with Crippen molar-refractivity contribution in [3.05, 3.63) is 24.4 Å². The van der Waals surface area contributed by atoms with Crippen LogP contribution in [-0.4, -0.2) is 79.0 Å². The van der Waals surface area contributed by atoms with Gasteiger partial charge in [0.2, 0.25) is 11.8 Å². The molecule has 124 valence electrons. The van der Waals surface area contributed by atoms with Gasteiger partial charge in [-0.05, 0) is 12.1 Å². The molecule has 0 aliphatic carbocycles. The van der Waals surface area contributed by atoms with Crippen molar-refractivity contribution in [1.82, 2.24) is 20.1 Å². The van der Waals surface area contributed by atoms with Crippen molar-refractivity contribution < 1.29 is 9.59 Å². The molecule has 0 spiro atoms. The number of nitrogens with zero attached hydrogens (tertiary/aromatic N) is 4. The van der Waals surface area contributed by atoms with Crippen LogP contribution in [0.3, 0.4) is 0 Å². The molecule has 23 heavy (non-hydrogen) atoms. The van der Waals surface area contributed by atoms with E-state index in [2.05, 4.69) is 20.1 Å². The summed E-state index contributed by atoms with van der Waals surface area (Å²) >= 11 is 0. The van der Waals surface area contributed by atoms with E-state index >= 15 is 0 Å². The predicted octanol–water partition coefficient (Wildman–Crippen LogP) is -0.448. The Labute approximate surface area is 136 Å². The van der Waals surface area contributed by atoms with Gasteiger partial charge in [0.15, 0.2) is 0 Å². The highest BCUT2D eigenvalue weighted by Gasteiger charge is 2.24. The summed E-state index contributed by atoms with van der Waals surface area (Å²) in [6, 6.07) is 5.89. The van der Waals surface area contributed by atoms with Crippen LogP contribution in [0.1, 0.15) is 6.42 Å². The first-order valence-corrected chi connectivity index (χ1v) is 8.15.